The summed E-state index contributed by atoms with van der Waals surface area (Å²) in [6.45, 7) is 0.949. The number of carbonyl (C=O) groups excluding carboxylic acids is 2. The molecule has 0 atom stereocenters. The third-order valence-electron chi connectivity index (χ3n) is 2.37. The fourth-order valence-electron chi connectivity index (χ4n) is 1.42. The van der Waals surface area contributed by atoms with Crippen LogP contribution >= 0.6 is 0 Å². The number of ether oxygens (including phenoxy) is 1. The Morgan fingerprint density at radius 1 is 1.31 bits per heavy atom. The Labute approximate surface area is 93.1 Å². The van der Waals surface area contributed by atoms with Crippen molar-refractivity contribution in [3.63, 3.8) is 0 Å². The molecule has 1 amide bonds. The minimum Gasteiger partial charge on any atom is -0.445 e. The van der Waals surface area contributed by atoms with Crippen LogP contribution in [0.5, 0.6) is 0 Å². The van der Waals surface area contributed by atoms with Gasteiger partial charge in [0.05, 0.1) is 18.7 Å². The van der Waals surface area contributed by atoms with Gasteiger partial charge in [-0.3, -0.25) is 4.90 Å². The molecule has 1 aliphatic heterocycles. The molecule has 0 unspecified atom stereocenters. The molecule has 82 valence electrons. The fourth-order valence-corrected chi connectivity index (χ4v) is 1.42. The van der Waals surface area contributed by atoms with E-state index in [1.165, 1.54) is 4.90 Å². The van der Waals surface area contributed by atoms with Crippen LogP contribution in [0.2, 0.25) is 0 Å². The predicted molar refractivity (Wildman–Crippen MR) is 57.4 cm³/mol. The fraction of sp³-hybridized carbons (Fsp3) is 0.250. The first-order valence-electron chi connectivity index (χ1n) is 4.98. The third-order valence-corrected chi connectivity index (χ3v) is 2.37. The zero-order valence-electron chi connectivity index (χ0n) is 8.68. The number of rotatable bonds is 2. The first-order valence-corrected chi connectivity index (χ1v) is 4.98. The SMILES string of the molecule is O=C=C1CN(C(=O)OCc2ccccc2)C1. The maximum absolute atomic E-state index is 11.4. The van der Waals surface area contributed by atoms with E-state index in [1.54, 1.807) is 5.94 Å². The Bertz CT molecular complexity index is 427. The van der Waals surface area contributed by atoms with Crippen LogP contribution in [0.4, 0.5) is 4.79 Å². The summed E-state index contributed by atoms with van der Waals surface area (Å²) in [7, 11) is 0. The summed E-state index contributed by atoms with van der Waals surface area (Å²) in [4.78, 5) is 23.1. The van der Waals surface area contributed by atoms with E-state index in [4.69, 9.17) is 4.74 Å². The molecule has 0 aliphatic carbocycles. The Balaban J connectivity index is 1.79. The van der Waals surface area contributed by atoms with Crippen LogP contribution < -0.4 is 0 Å². The van der Waals surface area contributed by atoms with Gasteiger partial charge in [-0.2, -0.15) is 0 Å². The Kier molecular flexibility index (Phi) is 3.03. The van der Waals surface area contributed by atoms with E-state index < -0.39 is 0 Å². The standard InChI is InChI=1S/C12H11NO3/c14-8-11-6-13(7-11)12(15)16-9-10-4-2-1-3-5-10/h1-5H,6-7,9H2. The molecule has 0 N–H and O–H groups in total. The molecule has 0 spiro atoms. The van der Waals surface area contributed by atoms with Gasteiger partial charge in [0.25, 0.3) is 0 Å². The van der Waals surface area contributed by atoms with E-state index in [0.717, 1.165) is 5.56 Å². The van der Waals surface area contributed by atoms with Crippen molar-refractivity contribution in [2.45, 2.75) is 6.61 Å². The lowest BCUT2D eigenvalue weighted by Gasteiger charge is -2.30. The van der Waals surface area contributed by atoms with Crippen molar-refractivity contribution in [1.82, 2.24) is 4.90 Å². The molecule has 1 saturated heterocycles. The lowest BCUT2D eigenvalue weighted by atomic mass is 10.1. The molecule has 1 aromatic carbocycles. The van der Waals surface area contributed by atoms with Gasteiger partial charge in [0, 0.05) is 0 Å². The second-order valence-electron chi connectivity index (χ2n) is 3.60. The van der Waals surface area contributed by atoms with Gasteiger partial charge in [0.15, 0.2) is 0 Å². The summed E-state index contributed by atoms with van der Waals surface area (Å²) in [6.07, 6.45) is -0.386. The average molecular weight is 217 g/mol. The minimum absolute atomic E-state index is 0.260. The molecule has 0 aromatic heterocycles. The molecule has 16 heavy (non-hydrogen) atoms. The number of nitrogens with zero attached hydrogens (tertiary/aromatic N) is 1. The Hall–Kier alpha value is -2.06. The molecular weight excluding hydrogens is 206 g/mol. The van der Waals surface area contributed by atoms with Crippen LogP contribution in [-0.4, -0.2) is 30.0 Å². The number of benzene rings is 1. The van der Waals surface area contributed by atoms with Crippen molar-refractivity contribution in [3.8, 4) is 0 Å². The van der Waals surface area contributed by atoms with Crippen molar-refractivity contribution >= 4 is 12.0 Å². The van der Waals surface area contributed by atoms with Crippen molar-refractivity contribution < 1.29 is 14.3 Å². The van der Waals surface area contributed by atoms with Crippen molar-refractivity contribution in [3.05, 3.63) is 41.5 Å². The molecule has 1 aromatic rings. The quantitative estimate of drug-likeness (QED) is 0.703. The van der Waals surface area contributed by atoms with E-state index >= 15 is 0 Å². The van der Waals surface area contributed by atoms with Crippen LogP contribution in [-0.2, 0) is 16.1 Å². The first-order chi connectivity index (χ1) is 7.79. The summed E-state index contributed by atoms with van der Waals surface area (Å²) >= 11 is 0. The molecular formula is C12H11NO3. The third kappa shape index (κ3) is 2.30. The summed E-state index contributed by atoms with van der Waals surface area (Å²) in [5, 5.41) is 0. The largest absolute Gasteiger partial charge is 0.445 e. The molecule has 0 radical (unpaired) electrons. The second kappa shape index (κ2) is 4.64. The van der Waals surface area contributed by atoms with E-state index in [2.05, 4.69) is 0 Å². The maximum Gasteiger partial charge on any atom is 0.410 e. The number of carbonyl (C=O) groups is 1. The van der Waals surface area contributed by atoms with Crippen molar-refractivity contribution in [2.24, 2.45) is 0 Å². The van der Waals surface area contributed by atoms with Gasteiger partial charge in [-0.15, -0.1) is 0 Å². The lowest BCUT2D eigenvalue weighted by Crippen LogP contribution is -2.44. The summed E-state index contributed by atoms with van der Waals surface area (Å²) in [5.41, 5.74) is 1.55. The van der Waals surface area contributed by atoms with Crippen molar-refractivity contribution in [1.29, 1.82) is 0 Å². The normalized spacial score (nSPS) is 14.0. The predicted octanol–water partition coefficient (Wildman–Crippen LogP) is 1.40. The second-order valence-corrected chi connectivity index (χ2v) is 3.60. The highest BCUT2D eigenvalue weighted by molar-refractivity contribution is 5.73. The summed E-state index contributed by atoms with van der Waals surface area (Å²) < 4.78 is 5.07. The topological polar surface area (TPSA) is 46.6 Å². The number of hydrogen-bond acceptors (Lipinski definition) is 3. The van der Waals surface area contributed by atoms with Crippen LogP contribution in [0, 0.1) is 0 Å². The molecule has 1 heterocycles. The average Bonchev–Trinajstić information content (AvgIpc) is 2.26. The highest BCUT2D eigenvalue weighted by Gasteiger charge is 2.27. The summed E-state index contributed by atoms with van der Waals surface area (Å²) in [6, 6.07) is 9.46. The van der Waals surface area contributed by atoms with Gasteiger partial charge < -0.3 is 4.74 Å². The lowest BCUT2D eigenvalue weighted by molar-refractivity contribution is 0.0908. The maximum atomic E-state index is 11.4. The van der Waals surface area contributed by atoms with Gasteiger partial charge in [-0.1, -0.05) is 30.3 Å². The number of hydrogen-bond donors (Lipinski definition) is 0. The molecule has 0 saturated carbocycles. The smallest absolute Gasteiger partial charge is 0.410 e. The highest BCUT2D eigenvalue weighted by atomic mass is 16.6. The zero-order chi connectivity index (χ0) is 11.4. The summed E-state index contributed by atoms with van der Waals surface area (Å²) in [5.74, 6) is 1.78. The zero-order valence-corrected chi connectivity index (χ0v) is 8.68. The van der Waals surface area contributed by atoms with E-state index in [-0.39, 0.29) is 12.7 Å². The molecule has 4 heteroatoms. The van der Waals surface area contributed by atoms with E-state index in [0.29, 0.717) is 18.7 Å². The van der Waals surface area contributed by atoms with Crippen LogP contribution in [0.3, 0.4) is 0 Å². The minimum atomic E-state index is -0.386. The number of likely N-dealkylation sites (tertiary alicyclic amines) is 1. The van der Waals surface area contributed by atoms with Crippen LogP contribution in [0.15, 0.2) is 35.9 Å². The number of amides is 1. The van der Waals surface area contributed by atoms with Gasteiger partial charge in [0.2, 0.25) is 0 Å². The van der Waals surface area contributed by atoms with E-state index in [9.17, 15) is 9.59 Å². The first kappa shape index (κ1) is 10.5. The van der Waals surface area contributed by atoms with Crippen LogP contribution in [0.1, 0.15) is 5.56 Å². The van der Waals surface area contributed by atoms with Gasteiger partial charge >= 0.3 is 6.09 Å². The molecule has 0 bridgehead atoms. The van der Waals surface area contributed by atoms with Gasteiger partial charge in [0.1, 0.15) is 12.5 Å². The van der Waals surface area contributed by atoms with E-state index in [1.807, 2.05) is 30.3 Å². The van der Waals surface area contributed by atoms with Gasteiger partial charge in [-0.25, -0.2) is 9.59 Å². The molecule has 4 nitrogen and oxygen atoms in total. The molecule has 1 fully saturated rings. The molecule has 2 rings (SSSR count). The Morgan fingerprint density at radius 2 is 2.00 bits per heavy atom. The van der Waals surface area contributed by atoms with Gasteiger partial charge in [-0.05, 0) is 5.56 Å². The molecule has 1 aliphatic rings. The Morgan fingerprint density at radius 3 is 2.62 bits per heavy atom. The highest BCUT2D eigenvalue weighted by Crippen LogP contribution is 2.13. The van der Waals surface area contributed by atoms with Crippen molar-refractivity contribution in [2.75, 3.05) is 13.1 Å². The van der Waals surface area contributed by atoms with Crippen LogP contribution in [0.25, 0.3) is 0 Å². The monoisotopic (exact) mass is 217 g/mol.